The van der Waals surface area contributed by atoms with Crippen molar-refractivity contribution < 1.29 is 4.74 Å². The summed E-state index contributed by atoms with van der Waals surface area (Å²) in [5, 5.41) is 3.35. The van der Waals surface area contributed by atoms with E-state index < -0.39 is 0 Å². The molecule has 0 aromatic heterocycles. The molecule has 1 aromatic carbocycles. The first-order valence-corrected chi connectivity index (χ1v) is 7.59. The number of nitrogens with one attached hydrogen (secondary N) is 1. The minimum absolute atomic E-state index is 0.760. The number of rotatable bonds is 7. The van der Waals surface area contributed by atoms with Gasteiger partial charge in [-0.2, -0.15) is 0 Å². The molecule has 0 bridgehead atoms. The van der Waals surface area contributed by atoms with Crippen molar-refractivity contribution in [3.8, 4) is 5.75 Å². The highest BCUT2D eigenvalue weighted by Gasteiger charge is 2.10. The Bertz CT molecular complexity index is 442. The second-order valence-corrected chi connectivity index (χ2v) is 5.35. The second kappa shape index (κ2) is 8.08. The molecule has 0 saturated carbocycles. The molecule has 2 rings (SSSR count). The largest absolute Gasteiger partial charge is 0.492 e. The molecule has 110 valence electrons. The van der Waals surface area contributed by atoms with E-state index in [1.165, 1.54) is 17.6 Å². The van der Waals surface area contributed by atoms with Crippen molar-refractivity contribution in [2.75, 3.05) is 32.8 Å². The third-order valence-electron chi connectivity index (χ3n) is 3.61. The van der Waals surface area contributed by atoms with Crippen LogP contribution in [0.2, 0.25) is 0 Å². The molecule has 0 spiro atoms. The molecule has 1 heterocycles. The summed E-state index contributed by atoms with van der Waals surface area (Å²) in [5.74, 6) is 1.01. The van der Waals surface area contributed by atoms with Gasteiger partial charge in [-0.3, -0.25) is 4.90 Å². The van der Waals surface area contributed by atoms with Gasteiger partial charge in [0.05, 0.1) is 0 Å². The highest BCUT2D eigenvalue weighted by molar-refractivity contribution is 5.33. The van der Waals surface area contributed by atoms with Crippen LogP contribution >= 0.6 is 0 Å². The summed E-state index contributed by atoms with van der Waals surface area (Å²) < 4.78 is 5.97. The molecule has 0 aliphatic carbocycles. The van der Waals surface area contributed by atoms with Crippen molar-refractivity contribution in [3.05, 3.63) is 41.5 Å². The van der Waals surface area contributed by atoms with Crippen molar-refractivity contribution in [2.45, 2.75) is 26.8 Å². The van der Waals surface area contributed by atoms with E-state index in [1.807, 2.05) is 6.07 Å². The summed E-state index contributed by atoms with van der Waals surface area (Å²) in [4.78, 5) is 2.46. The Morgan fingerprint density at radius 3 is 2.95 bits per heavy atom. The molecular formula is C17H26N2O. The molecule has 0 unspecified atom stereocenters. The van der Waals surface area contributed by atoms with Gasteiger partial charge in [-0.15, -0.1) is 0 Å². The van der Waals surface area contributed by atoms with Crippen LogP contribution in [0.4, 0.5) is 0 Å². The van der Waals surface area contributed by atoms with E-state index in [1.54, 1.807) is 0 Å². The number of nitrogens with zero attached hydrogens (tertiary/aromatic N) is 1. The van der Waals surface area contributed by atoms with Gasteiger partial charge >= 0.3 is 0 Å². The van der Waals surface area contributed by atoms with Gasteiger partial charge in [-0.25, -0.2) is 0 Å². The lowest BCUT2D eigenvalue weighted by atomic mass is 10.1. The minimum Gasteiger partial charge on any atom is -0.492 e. The summed E-state index contributed by atoms with van der Waals surface area (Å²) in [5.41, 5.74) is 2.72. The minimum atomic E-state index is 0.760. The Hall–Kier alpha value is -1.32. The first kappa shape index (κ1) is 15.1. The molecule has 0 atom stereocenters. The molecule has 0 amide bonds. The van der Waals surface area contributed by atoms with Crippen LogP contribution in [0.5, 0.6) is 5.75 Å². The van der Waals surface area contributed by atoms with Gasteiger partial charge in [-0.05, 0) is 26.0 Å². The smallest absolute Gasteiger partial charge is 0.123 e. The van der Waals surface area contributed by atoms with Gasteiger partial charge < -0.3 is 10.1 Å². The SMILES string of the molecule is CCNCc1ccccc1OCCN1CCC=C(C)C1. The van der Waals surface area contributed by atoms with E-state index in [0.29, 0.717) is 0 Å². The fourth-order valence-corrected chi connectivity index (χ4v) is 2.52. The number of hydrogen-bond acceptors (Lipinski definition) is 3. The summed E-state index contributed by atoms with van der Waals surface area (Å²) in [6, 6.07) is 8.30. The van der Waals surface area contributed by atoms with Crippen LogP contribution in [0.1, 0.15) is 25.8 Å². The Kier molecular flexibility index (Phi) is 6.09. The van der Waals surface area contributed by atoms with E-state index >= 15 is 0 Å². The Morgan fingerprint density at radius 2 is 2.15 bits per heavy atom. The summed E-state index contributed by atoms with van der Waals surface area (Å²) >= 11 is 0. The molecule has 20 heavy (non-hydrogen) atoms. The Morgan fingerprint density at radius 1 is 1.30 bits per heavy atom. The summed E-state index contributed by atoms with van der Waals surface area (Å²) in [6.45, 7) is 10.2. The zero-order valence-corrected chi connectivity index (χ0v) is 12.7. The van der Waals surface area contributed by atoms with Gasteiger partial charge in [0.1, 0.15) is 12.4 Å². The van der Waals surface area contributed by atoms with Crippen molar-refractivity contribution in [1.29, 1.82) is 0 Å². The van der Waals surface area contributed by atoms with Crippen LogP contribution in [0.15, 0.2) is 35.9 Å². The zero-order chi connectivity index (χ0) is 14.2. The normalized spacial score (nSPS) is 16.0. The maximum absolute atomic E-state index is 5.97. The van der Waals surface area contributed by atoms with Crippen LogP contribution in [-0.4, -0.2) is 37.7 Å². The number of ether oxygens (including phenoxy) is 1. The second-order valence-electron chi connectivity index (χ2n) is 5.35. The number of para-hydroxylation sites is 1. The summed E-state index contributed by atoms with van der Waals surface area (Å²) in [6.07, 6.45) is 3.51. The van der Waals surface area contributed by atoms with Crippen LogP contribution in [0.25, 0.3) is 0 Å². The first-order valence-electron chi connectivity index (χ1n) is 7.59. The number of benzene rings is 1. The van der Waals surface area contributed by atoms with Crippen LogP contribution in [0, 0.1) is 0 Å². The average molecular weight is 274 g/mol. The van der Waals surface area contributed by atoms with Crippen LogP contribution in [-0.2, 0) is 6.54 Å². The monoisotopic (exact) mass is 274 g/mol. The fourth-order valence-electron chi connectivity index (χ4n) is 2.52. The highest BCUT2D eigenvalue weighted by atomic mass is 16.5. The fraction of sp³-hybridized carbons (Fsp3) is 0.529. The molecule has 3 nitrogen and oxygen atoms in total. The van der Waals surface area contributed by atoms with E-state index in [0.717, 1.165) is 45.1 Å². The lowest BCUT2D eigenvalue weighted by Crippen LogP contribution is -2.33. The molecule has 0 fully saturated rings. The zero-order valence-electron chi connectivity index (χ0n) is 12.7. The van der Waals surface area contributed by atoms with Crippen LogP contribution < -0.4 is 10.1 Å². The van der Waals surface area contributed by atoms with Gasteiger partial charge in [-0.1, -0.05) is 36.8 Å². The first-order chi connectivity index (χ1) is 9.79. The molecule has 3 heteroatoms. The lowest BCUT2D eigenvalue weighted by Gasteiger charge is -2.26. The molecule has 0 radical (unpaired) electrons. The third-order valence-corrected chi connectivity index (χ3v) is 3.61. The van der Waals surface area contributed by atoms with Crippen molar-refractivity contribution in [1.82, 2.24) is 10.2 Å². The van der Waals surface area contributed by atoms with E-state index in [-0.39, 0.29) is 0 Å². The van der Waals surface area contributed by atoms with E-state index in [9.17, 15) is 0 Å². The molecule has 1 aliphatic heterocycles. The average Bonchev–Trinajstić information content (AvgIpc) is 2.46. The molecule has 0 saturated heterocycles. The van der Waals surface area contributed by atoms with Crippen molar-refractivity contribution >= 4 is 0 Å². The van der Waals surface area contributed by atoms with E-state index in [4.69, 9.17) is 4.74 Å². The quantitative estimate of drug-likeness (QED) is 0.774. The predicted molar refractivity (Wildman–Crippen MR) is 84.1 cm³/mol. The van der Waals surface area contributed by atoms with Gasteiger partial charge in [0, 0.05) is 31.7 Å². The molecular weight excluding hydrogens is 248 g/mol. The topological polar surface area (TPSA) is 24.5 Å². The Labute approximate surface area is 122 Å². The molecule has 1 N–H and O–H groups in total. The van der Waals surface area contributed by atoms with Crippen molar-refractivity contribution in [2.24, 2.45) is 0 Å². The molecule has 1 aliphatic rings. The highest BCUT2D eigenvalue weighted by Crippen LogP contribution is 2.18. The number of hydrogen-bond donors (Lipinski definition) is 1. The Balaban J connectivity index is 1.80. The maximum Gasteiger partial charge on any atom is 0.123 e. The van der Waals surface area contributed by atoms with Gasteiger partial charge in [0.25, 0.3) is 0 Å². The summed E-state index contributed by atoms with van der Waals surface area (Å²) in [7, 11) is 0. The van der Waals surface area contributed by atoms with Gasteiger partial charge in [0.2, 0.25) is 0 Å². The third kappa shape index (κ3) is 4.66. The predicted octanol–water partition coefficient (Wildman–Crippen LogP) is 2.83. The maximum atomic E-state index is 5.97. The van der Waals surface area contributed by atoms with E-state index in [2.05, 4.69) is 48.3 Å². The van der Waals surface area contributed by atoms with Crippen LogP contribution in [0.3, 0.4) is 0 Å². The standard InChI is InChI=1S/C17H26N2O/c1-3-18-13-16-8-4-5-9-17(16)20-12-11-19-10-6-7-15(2)14-19/h4-5,7-9,18H,3,6,10-14H2,1-2H3. The van der Waals surface area contributed by atoms with Crippen molar-refractivity contribution in [3.63, 3.8) is 0 Å². The lowest BCUT2D eigenvalue weighted by molar-refractivity contribution is 0.215. The van der Waals surface area contributed by atoms with Gasteiger partial charge in [0.15, 0.2) is 0 Å². The molecule has 1 aromatic rings.